The monoisotopic (exact) mass is 239 g/mol. The lowest BCUT2D eigenvalue weighted by molar-refractivity contribution is 0.0620. The van der Waals surface area contributed by atoms with Gasteiger partial charge < -0.3 is 14.4 Å². The molecule has 0 aromatic carbocycles. The Morgan fingerprint density at radius 1 is 1.47 bits per heavy atom. The first-order valence-corrected chi connectivity index (χ1v) is 6.11. The van der Waals surface area contributed by atoms with Crippen LogP contribution in [0.1, 0.15) is 42.8 Å². The highest BCUT2D eigenvalue weighted by Crippen LogP contribution is 2.16. The van der Waals surface area contributed by atoms with Crippen molar-refractivity contribution in [3.05, 3.63) is 23.7 Å². The van der Waals surface area contributed by atoms with Crippen LogP contribution >= 0.6 is 0 Å². The van der Waals surface area contributed by atoms with Gasteiger partial charge >= 0.3 is 0 Å². The topological polar surface area (TPSA) is 53.7 Å². The Labute approximate surface area is 102 Å². The predicted octanol–water partition coefficient (Wildman–Crippen LogP) is 2.21. The van der Waals surface area contributed by atoms with Crippen molar-refractivity contribution in [1.29, 1.82) is 0 Å². The van der Waals surface area contributed by atoms with E-state index in [1.54, 1.807) is 17.9 Å². The van der Waals surface area contributed by atoms with E-state index in [2.05, 4.69) is 0 Å². The van der Waals surface area contributed by atoms with Crippen LogP contribution in [-0.4, -0.2) is 35.1 Å². The maximum atomic E-state index is 12.3. The fourth-order valence-corrected chi connectivity index (χ4v) is 2.05. The van der Waals surface area contributed by atoms with Crippen molar-refractivity contribution in [3.8, 4) is 0 Å². The maximum Gasteiger partial charge on any atom is 0.257 e. The summed E-state index contributed by atoms with van der Waals surface area (Å²) < 4.78 is 5.15. The molecule has 17 heavy (non-hydrogen) atoms. The van der Waals surface area contributed by atoms with Crippen LogP contribution in [0, 0.1) is 6.92 Å². The predicted molar refractivity (Wildman–Crippen MR) is 65.9 cm³/mol. The van der Waals surface area contributed by atoms with Crippen molar-refractivity contribution in [2.75, 3.05) is 13.2 Å². The molecule has 4 heteroatoms. The first kappa shape index (κ1) is 13.8. The second-order valence-electron chi connectivity index (χ2n) is 4.08. The molecule has 0 atom stereocenters. The molecule has 0 fully saturated rings. The molecule has 0 aliphatic rings. The smallest absolute Gasteiger partial charge is 0.257 e. The molecule has 96 valence electrons. The molecule has 0 saturated carbocycles. The van der Waals surface area contributed by atoms with E-state index in [4.69, 9.17) is 9.52 Å². The highest BCUT2D eigenvalue weighted by Gasteiger charge is 2.24. The van der Waals surface area contributed by atoms with Crippen LogP contribution in [0.3, 0.4) is 0 Å². The number of aliphatic hydroxyl groups is 1. The van der Waals surface area contributed by atoms with Crippen molar-refractivity contribution < 1.29 is 14.3 Å². The van der Waals surface area contributed by atoms with E-state index in [1.807, 2.05) is 13.8 Å². The van der Waals surface area contributed by atoms with Crippen LogP contribution in [0.5, 0.6) is 0 Å². The Balaban J connectivity index is 2.91. The lowest BCUT2D eigenvalue weighted by Crippen LogP contribution is -2.41. The van der Waals surface area contributed by atoms with E-state index in [9.17, 15) is 4.79 Å². The molecule has 0 radical (unpaired) electrons. The molecule has 0 aliphatic heterocycles. The van der Waals surface area contributed by atoms with Gasteiger partial charge in [0, 0.05) is 12.6 Å². The Morgan fingerprint density at radius 2 is 2.12 bits per heavy atom. The van der Waals surface area contributed by atoms with Crippen molar-refractivity contribution >= 4 is 5.91 Å². The molecule has 1 aromatic rings. The third-order valence-corrected chi connectivity index (χ3v) is 3.07. The van der Waals surface area contributed by atoms with Crippen LogP contribution in [0.4, 0.5) is 0 Å². The lowest BCUT2D eigenvalue weighted by atomic mass is 10.1. The number of furan rings is 1. The molecule has 0 bridgehead atoms. The Kier molecular flexibility index (Phi) is 5.22. The fraction of sp³-hybridized carbons (Fsp3) is 0.615. The summed E-state index contributed by atoms with van der Waals surface area (Å²) in [5.74, 6) is 0.572. The van der Waals surface area contributed by atoms with Crippen LogP contribution < -0.4 is 0 Å². The van der Waals surface area contributed by atoms with E-state index in [1.165, 1.54) is 6.26 Å². The fourth-order valence-electron chi connectivity index (χ4n) is 2.05. The van der Waals surface area contributed by atoms with Crippen molar-refractivity contribution in [2.24, 2.45) is 0 Å². The molecular formula is C13H21NO3. The van der Waals surface area contributed by atoms with Gasteiger partial charge in [0.05, 0.1) is 18.4 Å². The number of carbonyl (C=O) groups excluding carboxylic acids is 1. The normalized spacial score (nSPS) is 10.9. The van der Waals surface area contributed by atoms with Gasteiger partial charge in [-0.25, -0.2) is 0 Å². The molecule has 0 spiro atoms. The molecule has 4 nitrogen and oxygen atoms in total. The highest BCUT2D eigenvalue weighted by molar-refractivity contribution is 5.95. The number of hydrogen-bond donors (Lipinski definition) is 1. The maximum absolute atomic E-state index is 12.3. The summed E-state index contributed by atoms with van der Waals surface area (Å²) in [5.41, 5.74) is 0.588. The molecule has 0 unspecified atom stereocenters. The number of carbonyl (C=O) groups is 1. The highest BCUT2D eigenvalue weighted by atomic mass is 16.3. The van der Waals surface area contributed by atoms with Gasteiger partial charge in [-0.15, -0.1) is 0 Å². The zero-order valence-electron chi connectivity index (χ0n) is 10.8. The number of hydrogen-bond acceptors (Lipinski definition) is 3. The minimum atomic E-state index is -0.0565. The SMILES string of the molecule is CCC(CC)N(CCO)C(=O)c1ccoc1C. The van der Waals surface area contributed by atoms with E-state index >= 15 is 0 Å². The standard InChI is InChI=1S/C13H21NO3/c1-4-11(5-2)14(7-8-15)13(16)12-6-9-17-10(12)3/h6,9,11,15H,4-5,7-8H2,1-3H3. The average Bonchev–Trinajstić information content (AvgIpc) is 2.75. The van der Waals surface area contributed by atoms with Crippen molar-refractivity contribution in [2.45, 2.75) is 39.7 Å². The summed E-state index contributed by atoms with van der Waals surface area (Å²) in [7, 11) is 0. The van der Waals surface area contributed by atoms with E-state index in [0.29, 0.717) is 17.9 Å². The molecule has 0 saturated heterocycles. The minimum Gasteiger partial charge on any atom is -0.469 e. The first-order chi connectivity index (χ1) is 8.15. The zero-order chi connectivity index (χ0) is 12.8. The molecule has 0 aliphatic carbocycles. The first-order valence-electron chi connectivity index (χ1n) is 6.11. The second-order valence-corrected chi connectivity index (χ2v) is 4.08. The largest absolute Gasteiger partial charge is 0.469 e. The van der Waals surface area contributed by atoms with Crippen molar-refractivity contribution in [3.63, 3.8) is 0 Å². The van der Waals surface area contributed by atoms with Gasteiger partial charge in [-0.05, 0) is 25.8 Å². The molecule has 1 heterocycles. The minimum absolute atomic E-state index is 0.0147. The van der Waals surface area contributed by atoms with Crippen LogP contribution in [-0.2, 0) is 0 Å². The Morgan fingerprint density at radius 3 is 2.53 bits per heavy atom. The summed E-state index contributed by atoms with van der Waals surface area (Å²) in [6, 6.07) is 1.86. The van der Waals surface area contributed by atoms with Gasteiger partial charge in [0.25, 0.3) is 5.91 Å². The summed E-state index contributed by atoms with van der Waals surface area (Å²) in [6.07, 6.45) is 3.30. The summed E-state index contributed by atoms with van der Waals surface area (Å²) >= 11 is 0. The molecular weight excluding hydrogens is 218 g/mol. The summed E-state index contributed by atoms with van der Waals surface area (Å²) in [5, 5.41) is 9.07. The number of rotatable bonds is 6. The van der Waals surface area contributed by atoms with Gasteiger partial charge in [0.2, 0.25) is 0 Å². The third-order valence-electron chi connectivity index (χ3n) is 3.07. The average molecular weight is 239 g/mol. The zero-order valence-corrected chi connectivity index (χ0v) is 10.8. The van der Waals surface area contributed by atoms with Crippen LogP contribution in [0.2, 0.25) is 0 Å². The lowest BCUT2D eigenvalue weighted by Gasteiger charge is -2.29. The number of aliphatic hydroxyl groups excluding tert-OH is 1. The van der Waals surface area contributed by atoms with Gasteiger partial charge in [-0.3, -0.25) is 4.79 Å². The number of aryl methyl sites for hydroxylation is 1. The second kappa shape index (κ2) is 6.45. The molecule has 1 amide bonds. The van der Waals surface area contributed by atoms with Gasteiger partial charge in [0.15, 0.2) is 0 Å². The van der Waals surface area contributed by atoms with Gasteiger partial charge in [-0.1, -0.05) is 13.8 Å². The van der Waals surface area contributed by atoms with Crippen LogP contribution in [0.25, 0.3) is 0 Å². The van der Waals surface area contributed by atoms with E-state index in [0.717, 1.165) is 12.8 Å². The van der Waals surface area contributed by atoms with Gasteiger partial charge in [-0.2, -0.15) is 0 Å². The van der Waals surface area contributed by atoms with Gasteiger partial charge in [0.1, 0.15) is 5.76 Å². The number of nitrogens with zero attached hydrogens (tertiary/aromatic N) is 1. The molecule has 1 N–H and O–H groups in total. The van der Waals surface area contributed by atoms with Crippen molar-refractivity contribution in [1.82, 2.24) is 4.90 Å². The quantitative estimate of drug-likeness (QED) is 0.828. The Hall–Kier alpha value is -1.29. The van der Waals surface area contributed by atoms with E-state index in [-0.39, 0.29) is 18.6 Å². The molecule has 1 rings (SSSR count). The molecule has 1 aromatic heterocycles. The summed E-state index contributed by atoms with van der Waals surface area (Å²) in [4.78, 5) is 14.1. The van der Waals surface area contributed by atoms with E-state index < -0.39 is 0 Å². The Bertz CT molecular complexity index is 355. The third kappa shape index (κ3) is 3.09. The number of amides is 1. The van der Waals surface area contributed by atoms with Crippen LogP contribution in [0.15, 0.2) is 16.7 Å². The summed E-state index contributed by atoms with van der Waals surface area (Å²) in [6.45, 7) is 6.23.